The molecular weight excluding hydrogens is 450 g/mol. The number of hydrogen-bond donors (Lipinski definition) is 1. The first-order chi connectivity index (χ1) is 16.1. The molecule has 1 aliphatic rings. The van der Waals surface area contributed by atoms with Crippen molar-refractivity contribution in [1.29, 1.82) is 0 Å². The van der Waals surface area contributed by atoms with Gasteiger partial charge in [0.25, 0.3) is 5.56 Å². The lowest BCUT2D eigenvalue weighted by atomic mass is 9.97. The molecule has 2 aromatic carbocycles. The van der Waals surface area contributed by atoms with E-state index in [4.69, 9.17) is 4.98 Å². The predicted octanol–water partition coefficient (Wildman–Crippen LogP) is 5.62. The first-order valence-electron chi connectivity index (χ1n) is 11.3. The Labute approximate surface area is 200 Å². The average molecular weight is 476 g/mol. The van der Waals surface area contributed by atoms with E-state index in [2.05, 4.69) is 12.2 Å². The van der Waals surface area contributed by atoms with Crippen LogP contribution in [0.1, 0.15) is 35.8 Å². The highest BCUT2D eigenvalue weighted by Gasteiger charge is 2.23. The smallest absolute Gasteiger partial charge is 0.267 e. The minimum atomic E-state index is -0.122. The number of carbonyl (C=O) groups excluding carboxylic acids is 1. The molecule has 0 fully saturated rings. The molecule has 0 saturated heterocycles. The molecule has 5 rings (SSSR count). The van der Waals surface area contributed by atoms with Gasteiger partial charge in [-0.15, -0.1) is 11.3 Å². The van der Waals surface area contributed by atoms with E-state index in [1.54, 1.807) is 15.9 Å². The Morgan fingerprint density at radius 3 is 2.61 bits per heavy atom. The van der Waals surface area contributed by atoms with E-state index in [9.17, 15) is 9.59 Å². The lowest BCUT2D eigenvalue weighted by molar-refractivity contribution is -0.113. The number of amides is 1. The Hall–Kier alpha value is -2.90. The van der Waals surface area contributed by atoms with Gasteiger partial charge in [0.15, 0.2) is 5.16 Å². The van der Waals surface area contributed by atoms with Crippen molar-refractivity contribution in [2.45, 2.75) is 44.2 Å². The van der Waals surface area contributed by atoms with Gasteiger partial charge in [0.05, 0.1) is 16.8 Å². The third kappa shape index (κ3) is 4.48. The monoisotopic (exact) mass is 475 g/mol. The van der Waals surface area contributed by atoms with Gasteiger partial charge in [0.1, 0.15) is 4.83 Å². The molecule has 1 amide bonds. The number of hydrogen-bond acceptors (Lipinski definition) is 5. The number of nitrogens with one attached hydrogen (secondary N) is 1. The molecule has 0 atom stereocenters. The van der Waals surface area contributed by atoms with E-state index < -0.39 is 0 Å². The molecule has 0 unspecified atom stereocenters. The number of fused-ring (bicyclic) bond motifs is 3. The Kier molecular flexibility index (Phi) is 6.33. The van der Waals surface area contributed by atoms with Crippen molar-refractivity contribution in [3.8, 4) is 5.69 Å². The fourth-order valence-corrected chi connectivity index (χ4v) is 6.35. The molecular formula is C26H25N3O2S2. The van der Waals surface area contributed by atoms with Crippen LogP contribution in [0.5, 0.6) is 0 Å². The van der Waals surface area contributed by atoms with Gasteiger partial charge in [-0.3, -0.25) is 14.2 Å². The number of thiophene rings is 1. The zero-order valence-electron chi connectivity index (χ0n) is 18.5. The lowest BCUT2D eigenvalue weighted by Gasteiger charge is -2.13. The van der Waals surface area contributed by atoms with Gasteiger partial charge in [-0.1, -0.05) is 49.0 Å². The fraction of sp³-hybridized carbons (Fsp3) is 0.269. The molecule has 0 aliphatic heterocycles. The molecule has 168 valence electrons. The van der Waals surface area contributed by atoms with Crippen LogP contribution in [0.25, 0.3) is 15.9 Å². The van der Waals surface area contributed by atoms with Crippen LogP contribution in [-0.2, 0) is 24.1 Å². The Morgan fingerprint density at radius 1 is 1.09 bits per heavy atom. The molecule has 0 bridgehead atoms. The standard InChI is InChI=1S/C26H25N3O2S2/c1-2-17-12-14-18(15-13-17)27-22(30)16-32-26-28-24-23(20-10-6-7-11-21(20)33-24)25(31)29(26)19-8-4-3-5-9-19/h3-5,8-9,12-15H,2,6-7,10-11,16H2,1H3,(H,27,30). The van der Waals surface area contributed by atoms with E-state index in [0.717, 1.165) is 53.7 Å². The highest BCUT2D eigenvalue weighted by molar-refractivity contribution is 7.99. The molecule has 0 saturated carbocycles. The van der Waals surface area contributed by atoms with Crippen LogP contribution in [0.3, 0.4) is 0 Å². The first kappa shape index (κ1) is 21.9. The lowest BCUT2D eigenvalue weighted by Crippen LogP contribution is -2.23. The zero-order valence-corrected chi connectivity index (χ0v) is 20.1. The number of aromatic nitrogens is 2. The minimum Gasteiger partial charge on any atom is -0.325 e. The number of thioether (sulfide) groups is 1. The van der Waals surface area contributed by atoms with Crippen LogP contribution in [0.2, 0.25) is 0 Å². The van der Waals surface area contributed by atoms with Crippen LogP contribution in [-0.4, -0.2) is 21.2 Å². The number of para-hydroxylation sites is 1. The van der Waals surface area contributed by atoms with Gasteiger partial charge < -0.3 is 5.32 Å². The molecule has 1 aliphatic carbocycles. The normalized spacial score (nSPS) is 13.1. The summed E-state index contributed by atoms with van der Waals surface area (Å²) >= 11 is 2.93. The fourth-order valence-electron chi connectivity index (χ4n) is 4.24. The maximum Gasteiger partial charge on any atom is 0.267 e. The topological polar surface area (TPSA) is 64.0 Å². The van der Waals surface area contributed by atoms with E-state index in [1.807, 2.05) is 54.6 Å². The SMILES string of the molecule is CCc1ccc(NC(=O)CSc2nc3sc4c(c3c(=O)n2-c2ccccc2)CCCC4)cc1. The van der Waals surface area contributed by atoms with Gasteiger partial charge in [0, 0.05) is 10.6 Å². The summed E-state index contributed by atoms with van der Waals surface area (Å²) in [5, 5.41) is 4.24. The number of rotatable bonds is 6. The van der Waals surface area contributed by atoms with Crippen LogP contribution in [0.15, 0.2) is 64.5 Å². The molecule has 0 spiro atoms. The maximum absolute atomic E-state index is 13.7. The zero-order chi connectivity index (χ0) is 22.8. The maximum atomic E-state index is 13.7. The van der Waals surface area contributed by atoms with Crippen molar-refractivity contribution in [1.82, 2.24) is 9.55 Å². The molecule has 1 N–H and O–H groups in total. The molecule has 7 heteroatoms. The highest BCUT2D eigenvalue weighted by Crippen LogP contribution is 2.35. The predicted molar refractivity (Wildman–Crippen MR) is 137 cm³/mol. The highest BCUT2D eigenvalue weighted by atomic mass is 32.2. The van der Waals surface area contributed by atoms with Gasteiger partial charge >= 0.3 is 0 Å². The number of carbonyl (C=O) groups is 1. The third-order valence-electron chi connectivity index (χ3n) is 5.95. The Morgan fingerprint density at radius 2 is 1.85 bits per heavy atom. The van der Waals surface area contributed by atoms with Crippen molar-refractivity contribution >= 4 is 44.9 Å². The molecule has 4 aromatic rings. The van der Waals surface area contributed by atoms with Crippen molar-refractivity contribution < 1.29 is 4.79 Å². The van der Waals surface area contributed by atoms with Gasteiger partial charge in [-0.05, 0) is 67.5 Å². The summed E-state index contributed by atoms with van der Waals surface area (Å²) in [4.78, 5) is 33.3. The van der Waals surface area contributed by atoms with Crippen LogP contribution >= 0.6 is 23.1 Å². The minimum absolute atomic E-state index is 0.0383. The molecule has 2 heterocycles. The summed E-state index contributed by atoms with van der Waals surface area (Å²) in [5.41, 5.74) is 3.90. The Bertz CT molecular complexity index is 1360. The summed E-state index contributed by atoms with van der Waals surface area (Å²) in [5.74, 6) is 0.0504. The summed E-state index contributed by atoms with van der Waals surface area (Å²) in [6.07, 6.45) is 5.18. The number of nitrogens with zero attached hydrogens (tertiary/aromatic N) is 2. The second-order valence-corrected chi connectivity index (χ2v) is 10.2. The summed E-state index contributed by atoms with van der Waals surface area (Å²) < 4.78 is 1.66. The van der Waals surface area contributed by atoms with Crippen molar-refractivity contribution in [3.05, 3.63) is 81.0 Å². The van der Waals surface area contributed by atoms with Gasteiger partial charge in [-0.25, -0.2) is 4.98 Å². The summed E-state index contributed by atoms with van der Waals surface area (Å²) in [6.45, 7) is 2.10. The molecule has 0 radical (unpaired) electrons. The first-order valence-corrected chi connectivity index (χ1v) is 13.1. The second kappa shape index (κ2) is 9.53. The number of aryl methyl sites for hydroxylation is 3. The Balaban J connectivity index is 1.47. The summed E-state index contributed by atoms with van der Waals surface area (Å²) in [6, 6.07) is 17.4. The molecule has 2 aromatic heterocycles. The van der Waals surface area contributed by atoms with E-state index in [1.165, 1.54) is 27.8 Å². The number of anilines is 1. The van der Waals surface area contributed by atoms with E-state index >= 15 is 0 Å². The number of benzene rings is 2. The average Bonchev–Trinajstić information content (AvgIpc) is 3.22. The second-order valence-electron chi connectivity index (χ2n) is 8.15. The van der Waals surface area contributed by atoms with Crippen molar-refractivity contribution in [2.75, 3.05) is 11.1 Å². The largest absolute Gasteiger partial charge is 0.325 e. The van der Waals surface area contributed by atoms with E-state index in [0.29, 0.717) is 5.16 Å². The van der Waals surface area contributed by atoms with E-state index in [-0.39, 0.29) is 17.2 Å². The summed E-state index contributed by atoms with van der Waals surface area (Å²) in [7, 11) is 0. The van der Waals surface area contributed by atoms with Crippen molar-refractivity contribution in [2.24, 2.45) is 0 Å². The van der Waals surface area contributed by atoms with Crippen LogP contribution < -0.4 is 10.9 Å². The van der Waals surface area contributed by atoms with Crippen LogP contribution in [0.4, 0.5) is 5.69 Å². The third-order valence-corrected chi connectivity index (χ3v) is 8.08. The molecule has 5 nitrogen and oxygen atoms in total. The van der Waals surface area contributed by atoms with Gasteiger partial charge in [-0.2, -0.15) is 0 Å². The quantitative estimate of drug-likeness (QED) is 0.290. The molecule has 33 heavy (non-hydrogen) atoms. The van der Waals surface area contributed by atoms with Crippen molar-refractivity contribution in [3.63, 3.8) is 0 Å². The van der Waals surface area contributed by atoms with Gasteiger partial charge in [0.2, 0.25) is 5.91 Å². The van der Waals surface area contributed by atoms with Crippen LogP contribution in [0, 0.1) is 0 Å².